The van der Waals surface area contributed by atoms with Crippen LogP contribution in [-0.4, -0.2) is 73.5 Å². The summed E-state index contributed by atoms with van der Waals surface area (Å²) in [6.45, 7) is 8.51. The molecular weight excluding hydrogens is 428 g/mol. The van der Waals surface area contributed by atoms with Crippen molar-refractivity contribution in [1.82, 2.24) is 29.7 Å². The Morgan fingerprint density at radius 3 is 2.44 bits per heavy atom. The average Bonchev–Trinajstić information content (AvgIpc) is 3.43. The Labute approximate surface area is 190 Å². The average molecular weight is 455 g/mol. The number of rotatable bonds is 6. The standard InChI is InChI=1S/C22H26N6O3S/c1-4-28-20(17-8-6-5-7-15(17)2)23-24-22(28)32-14-19(29)26-9-11-27(12-10-26)21(30)18-13-16(3)25-31-18/h5-8,13H,4,9-12,14H2,1-3H3. The van der Waals surface area contributed by atoms with Crippen molar-refractivity contribution < 1.29 is 14.1 Å². The molecule has 0 saturated carbocycles. The molecule has 0 radical (unpaired) electrons. The molecule has 9 nitrogen and oxygen atoms in total. The van der Waals surface area contributed by atoms with E-state index in [4.69, 9.17) is 4.52 Å². The molecule has 1 aromatic carbocycles. The number of aromatic nitrogens is 4. The second-order valence-electron chi connectivity index (χ2n) is 7.66. The van der Waals surface area contributed by atoms with Crippen LogP contribution in [0.15, 0.2) is 40.0 Å². The van der Waals surface area contributed by atoms with Gasteiger partial charge in [0.25, 0.3) is 5.91 Å². The first-order valence-electron chi connectivity index (χ1n) is 10.6. The zero-order valence-electron chi connectivity index (χ0n) is 18.4. The molecule has 3 aromatic rings. The summed E-state index contributed by atoms with van der Waals surface area (Å²) in [5, 5.41) is 13.2. The third-order valence-electron chi connectivity index (χ3n) is 5.50. The summed E-state index contributed by atoms with van der Waals surface area (Å²) in [6.07, 6.45) is 0. The molecule has 4 rings (SSSR count). The van der Waals surface area contributed by atoms with Gasteiger partial charge in [-0.3, -0.25) is 9.59 Å². The van der Waals surface area contributed by atoms with E-state index in [9.17, 15) is 9.59 Å². The molecule has 1 saturated heterocycles. The number of piperazine rings is 1. The van der Waals surface area contributed by atoms with Crippen LogP contribution in [0.25, 0.3) is 11.4 Å². The maximum absolute atomic E-state index is 12.8. The molecule has 0 spiro atoms. The van der Waals surface area contributed by atoms with E-state index in [1.54, 1.807) is 22.8 Å². The Balaban J connectivity index is 1.34. The Kier molecular flexibility index (Phi) is 6.59. The lowest BCUT2D eigenvalue weighted by Gasteiger charge is -2.34. The molecule has 0 aliphatic carbocycles. The van der Waals surface area contributed by atoms with Gasteiger partial charge < -0.3 is 18.9 Å². The van der Waals surface area contributed by atoms with E-state index in [-0.39, 0.29) is 23.3 Å². The largest absolute Gasteiger partial charge is 0.351 e. The molecule has 0 atom stereocenters. The third kappa shape index (κ3) is 4.55. The number of carbonyl (C=O) groups is 2. The van der Waals surface area contributed by atoms with Crippen molar-refractivity contribution in [1.29, 1.82) is 0 Å². The SMILES string of the molecule is CCn1c(SCC(=O)N2CCN(C(=O)c3cc(C)no3)CC2)nnc1-c1ccccc1C. The minimum Gasteiger partial charge on any atom is -0.351 e. The Hall–Kier alpha value is -3.14. The van der Waals surface area contributed by atoms with Crippen LogP contribution in [0.2, 0.25) is 0 Å². The lowest BCUT2D eigenvalue weighted by atomic mass is 10.1. The summed E-state index contributed by atoms with van der Waals surface area (Å²) in [6, 6.07) is 9.70. The van der Waals surface area contributed by atoms with Crippen LogP contribution < -0.4 is 0 Å². The zero-order chi connectivity index (χ0) is 22.7. The highest BCUT2D eigenvalue weighted by Crippen LogP contribution is 2.26. The normalized spacial score (nSPS) is 14.1. The van der Waals surface area contributed by atoms with Gasteiger partial charge in [0.1, 0.15) is 0 Å². The van der Waals surface area contributed by atoms with E-state index in [1.165, 1.54) is 11.8 Å². The highest BCUT2D eigenvalue weighted by Gasteiger charge is 2.27. The molecular formula is C22H26N6O3S. The van der Waals surface area contributed by atoms with E-state index in [1.807, 2.05) is 42.7 Å². The first-order chi connectivity index (χ1) is 15.5. The summed E-state index contributed by atoms with van der Waals surface area (Å²) >= 11 is 1.40. The van der Waals surface area contributed by atoms with Crippen molar-refractivity contribution in [3.05, 3.63) is 47.3 Å². The quantitative estimate of drug-likeness (QED) is 0.528. The smallest absolute Gasteiger partial charge is 0.292 e. The van der Waals surface area contributed by atoms with Crippen LogP contribution in [0.3, 0.4) is 0 Å². The van der Waals surface area contributed by atoms with Gasteiger partial charge in [0, 0.05) is 44.4 Å². The molecule has 1 aliphatic heterocycles. The maximum Gasteiger partial charge on any atom is 0.292 e. The molecule has 2 amide bonds. The van der Waals surface area contributed by atoms with Gasteiger partial charge in [0.15, 0.2) is 11.0 Å². The van der Waals surface area contributed by atoms with Crippen molar-refractivity contribution in [3.8, 4) is 11.4 Å². The zero-order valence-corrected chi connectivity index (χ0v) is 19.3. The summed E-state index contributed by atoms with van der Waals surface area (Å²) in [5.74, 6) is 1.17. The molecule has 1 fully saturated rings. The number of carbonyl (C=O) groups excluding carboxylic acids is 2. The van der Waals surface area contributed by atoms with Crippen LogP contribution in [0.4, 0.5) is 0 Å². The van der Waals surface area contributed by atoms with E-state index in [0.29, 0.717) is 31.9 Å². The Bertz CT molecular complexity index is 1120. The first-order valence-corrected chi connectivity index (χ1v) is 11.6. The first kappa shape index (κ1) is 22.1. The molecule has 32 heavy (non-hydrogen) atoms. The second kappa shape index (κ2) is 9.56. The van der Waals surface area contributed by atoms with E-state index in [0.717, 1.165) is 28.7 Å². The number of nitrogens with zero attached hydrogens (tertiary/aromatic N) is 6. The number of hydrogen-bond donors (Lipinski definition) is 0. The summed E-state index contributed by atoms with van der Waals surface area (Å²) < 4.78 is 7.10. The number of benzene rings is 1. The minimum absolute atomic E-state index is 0.0284. The van der Waals surface area contributed by atoms with Crippen molar-refractivity contribution in [2.75, 3.05) is 31.9 Å². The second-order valence-corrected chi connectivity index (χ2v) is 8.60. The van der Waals surface area contributed by atoms with Crippen molar-refractivity contribution in [3.63, 3.8) is 0 Å². The minimum atomic E-state index is -0.188. The van der Waals surface area contributed by atoms with Crippen LogP contribution in [-0.2, 0) is 11.3 Å². The van der Waals surface area contributed by atoms with Gasteiger partial charge in [-0.2, -0.15) is 0 Å². The Morgan fingerprint density at radius 2 is 1.78 bits per heavy atom. The van der Waals surface area contributed by atoms with Crippen LogP contribution in [0.1, 0.15) is 28.7 Å². The highest BCUT2D eigenvalue weighted by atomic mass is 32.2. The molecule has 10 heteroatoms. The molecule has 1 aliphatic rings. The fourth-order valence-electron chi connectivity index (χ4n) is 3.70. The molecule has 0 N–H and O–H groups in total. The van der Waals surface area contributed by atoms with Gasteiger partial charge in [-0.25, -0.2) is 0 Å². The number of aryl methyl sites for hydroxylation is 2. The molecule has 168 valence electrons. The van der Waals surface area contributed by atoms with Crippen LogP contribution in [0, 0.1) is 13.8 Å². The van der Waals surface area contributed by atoms with Gasteiger partial charge in [-0.05, 0) is 26.3 Å². The number of hydrogen-bond acceptors (Lipinski definition) is 7. The fraction of sp³-hybridized carbons (Fsp3) is 0.409. The van der Waals surface area contributed by atoms with Gasteiger partial charge in [0.2, 0.25) is 11.7 Å². The van der Waals surface area contributed by atoms with E-state index in [2.05, 4.69) is 15.4 Å². The number of amides is 2. The number of thioether (sulfide) groups is 1. The predicted octanol–water partition coefficient (Wildman–Crippen LogP) is 2.65. The van der Waals surface area contributed by atoms with E-state index >= 15 is 0 Å². The molecule has 0 unspecified atom stereocenters. The van der Waals surface area contributed by atoms with Crippen LogP contribution in [0.5, 0.6) is 0 Å². The van der Waals surface area contributed by atoms with Crippen LogP contribution >= 0.6 is 11.8 Å². The van der Waals surface area contributed by atoms with Gasteiger partial charge in [-0.1, -0.05) is 41.2 Å². The predicted molar refractivity (Wildman–Crippen MR) is 120 cm³/mol. The monoisotopic (exact) mass is 454 g/mol. The van der Waals surface area contributed by atoms with Crippen molar-refractivity contribution in [2.45, 2.75) is 32.5 Å². The lowest BCUT2D eigenvalue weighted by molar-refractivity contribution is -0.129. The van der Waals surface area contributed by atoms with Gasteiger partial charge >= 0.3 is 0 Å². The van der Waals surface area contributed by atoms with Crippen molar-refractivity contribution in [2.24, 2.45) is 0 Å². The summed E-state index contributed by atoms with van der Waals surface area (Å²) in [4.78, 5) is 28.7. The summed E-state index contributed by atoms with van der Waals surface area (Å²) in [5.41, 5.74) is 2.85. The lowest BCUT2D eigenvalue weighted by Crippen LogP contribution is -2.51. The molecule has 3 heterocycles. The highest BCUT2D eigenvalue weighted by molar-refractivity contribution is 7.99. The van der Waals surface area contributed by atoms with Gasteiger partial charge in [-0.15, -0.1) is 10.2 Å². The molecule has 2 aromatic heterocycles. The summed E-state index contributed by atoms with van der Waals surface area (Å²) in [7, 11) is 0. The molecule has 0 bridgehead atoms. The van der Waals surface area contributed by atoms with Gasteiger partial charge in [0.05, 0.1) is 11.4 Å². The van der Waals surface area contributed by atoms with Crippen molar-refractivity contribution >= 4 is 23.6 Å². The van der Waals surface area contributed by atoms with E-state index < -0.39 is 0 Å². The third-order valence-corrected chi connectivity index (χ3v) is 6.45. The topological polar surface area (TPSA) is 97.4 Å². The maximum atomic E-state index is 12.8. The Morgan fingerprint density at radius 1 is 1.06 bits per heavy atom. The fourth-order valence-corrected chi connectivity index (χ4v) is 4.61.